The number of anilines is 1. The maximum Gasteiger partial charge on any atom is 0.260 e. The second kappa shape index (κ2) is 8.48. The van der Waals surface area contributed by atoms with Crippen molar-refractivity contribution >= 4 is 32.6 Å². The number of carbonyl (C=O) groups is 1. The first-order valence-electron chi connectivity index (χ1n) is 11.3. The van der Waals surface area contributed by atoms with Crippen molar-refractivity contribution in [2.45, 2.75) is 32.2 Å². The lowest BCUT2D eigenvalue weighted by molar-refractivity contribution is 0.0985. The van der Waals surface area contributed by atoms with Gasteiger partial charge in [-0.1, -0.05) is 23.5 Å². The number of benzene rings is 2. The van der Waals surface area contributed by atoms with Crippen molar-refractivity contribution in [1.82, 2.24) is 9.97 Å². The van der Waals surface area contributed by atoms with E-state index in [0.717, 1.165) is 34.4 Å². The summed E-state index contributed by atoms with van der Waals surface area (Å²) in [6, 6.07) is 13.9. The Morgan fingerprint density at radius 2 is 1.82 bits per heavy atom. The molecular weight excluding hydrogens is 434 g/mol. The molecule has 6 nitrogen and oxygen atoms in total. The Hall–Kier alpha value is -3.45. The van der Waals surface area contributed by atoms with Crippen molar-refractivity contribution in [1.29, 1.82) is 0 Å². The summed E-state index contributed by atoms with van der Waals surface area (Å²) in [7, 11) is 0. The molecule has 33 heavy (non-hydrogen) atoms. The lowest BCUT2D eigenvalue weighted by Gasteiger charge is -2.22. The van der Waals surface area contributed by atoms with Crippen molar-refractivity contribution in [3.63, 3.8) is 0 Å². The van der Waals surface area contributed by atoms with Gasteiger partial charge in [-0.05, 0) is 60.6 Å². The molecule has 2 aromatic heterocycles. The monoisotopic (exact) mass is 457 g/mol. The van der Waals surface area contributed by atoms with Gasteiger partial charge in [0.1, 0.15) is 13.2 Å². The van der Waals surface area contributed by atoms with E-state index >= 15 is 0 Å². The minimum Gasteiger partial charge on any atom is -0.486 e. The molecule has 0 spiro atoms. The third kappa shape index (κ3) is 3.93. The number of carbonyl (C=O) groups excluding carboxylic acids is 1. The van der Waals surface area contributed by atoms with Crippen molar-refractivity contribution < 1.29 is 14.3 Å². The maximum atomic E-state index is 13.8. The van der Waals surface area contributed by atoms with Crippen LogP contribution in [0, 0.1) is 0 Å². The summed E-state index contributed by atoms with van der Waals surface area (Å²) in [6.07, 6.45) is 8.05. The molecule has 0 radical (unpaired) electrons. The molecule has 1 aliphatic heterocycles. The Labute approximate surface area is 195 Å². The van der Waals surface area contributed by atoms with Crippen molar-refractivity contribution in [3.05, 3.63) is 77.1 Å². The Kier molecular flexibility index (Phi) is 5.19. The Morgan fingerprint density at radius 1 is 1.00 bits per heavy atom. The van der Waals surface area contributed by atoms with Gasteiger partial charge in [-0.15, -0.1) is 0 Å². The summed E-state index contributed by atoms with van der Waals surface area (Å²) in [5.41, 5.74) is 5.11. The lowest BCUT2D eigenvalue weighted by Crippen LogP contribution is -2.30. The van der Waals surface area contributed by atoms with E-state index in [1.165, 1.54) is 35.3 Å². The molecule has 6 rings (SSSR count). The zero-order valence-electron chi connectivity index (χ0n) is 18.1. The largest absolute Gasteiger partial charge is 0.486 e. The number of aryl methyl sites for hydroxylation is 2. The van der Waals surface area contributed by atoms with Crippen LogP contribution in [0.15, 0.2) is 54.9 Å². The second-order valence-electron chi connectivity index (χ2n) is 8.40. The number of thiazole rings is 1. The number of fused-ring (bicyclic) bond motifs is 3. The number of nitrogens with zero attached hydrogens (tertiary/aromatic N) is 3. The molecule has 0 atom stereocenters. The predicted octanol–water partition coefficient (Wildman–Crippen LogP) is 5.19. The number of amides is 1. The number of ether oxygens (including phenoxy) is 2. The average Bonchev–Trinajstić information content (AvgIpc) is 3.28. The molecule has 0 saturated carbocycles. The van der Waals surface area contributed by atoms with Crippen molar-refractivity contribution in [2.24, 2.45) is 0 Å². The van der Waals surface area contributed by atoms with E-state index < -0.39 is 0 Å². The van der Waals surface area contributed by atoms with E-state index in [1.807, 2.05) is 30.3 Å². The highest BCUT2D eigenvalue weighted by Gasteiger charge is 2.24. The molecule has 166 valence electrons. The van der Waals surface area contributed by atoms with Gasteiger partial charge < -0.3 is 9.47 Å². The predicted molar refractivity (Wildman–Crippen MR) is 128 cm³/mol. The minimum absolute atomic E-state index is 0.0523. The molecule has 4 aromatic rings. The topological polar surface area (TPSA) is 64.6 Å². The molecule has 1 aliphatic carbocycles. The van der Waals surface area contributed by atoms with E-state index in [1.54, 1.807) is 17.3 Å². The summed E-state index contributed by atoms with van der Waals surface area (Å²) in [5, 5.41) is 0.652. The third-order valence-corrected chi connectivity index (χ3v) is 7.22. The van der Waals surface area contributed by atoms with Crippen LogP contribution in [0.25, 0.3) is 10.2 Å². The van der Waals surface area contributed by atoms with Crippen LogP contribution >= 0.6 is 11.3 Å². The summed E-state index contributed by atoms with van der Waals surface area (Å²) in [4.78, 5) is 24.6. The van der Waals surface area contributed by atoms with Crippen LogP contribution in [0.4, 0.5) is 5.13 Å². The SMILES string of the molecule is O=C(c1ccc2c(c1)CCCC2)N(Cc1cccnc1)c1nc2cc3c(cc2s1)OCCO3. The zero-order valence-corrected chi connectivity index (χ0v) is 18.9. The summed E-state index contributed by atoms with van der Waals surface area (Å²) in [5.74, 6) is 1.37. The highest BCUT2D eigenvalue weighted by molar-refractivity contribution is 7.22. The van der Waals surface area contributed by atoms with E-state index in [4.69, 9.17) is 14.5 Å². The van der Waals surface area contributed by atoms with E-state index in [0.29, 0.717) is 36.2 Å². The highest BCUT2D eigenvalue weighted by Crippen LogP contribution is 2.39. The first-order chi connectivity index (χ1) is 16.2. The quantitative estimate of drug-likeness (QED) is 0.422. The zero-order chi connectivity index (χ0) is 22.2. The Balaban J connectivity index is 1.40. The molecule has 0 saturated heterocycles. The van der Waals surface area contributed by atoms with Crippen molar-refractivity contribution in [2.75, 3.05) is 18.1 Å². The van der Waals surface area contributed by atoms with Gasteiger partial charge in [-0.3, -0.25) is 14.7 Å². The summed E-state index contributed by atoms with van der Waals surface area (Å²) < 4.78 is 12.4. The molecule has 2 aromatic carbocycles. The molecule has 3 heterocycles. The van der Waals surface area contributed by atoms with Crippen LogP contribution in [-0.4, -0.2) is 29.1 Å². The number of rotatable bonds is 4. The Bertz CT molecular complexity index is 1290. The van der Waals surface area contributed by atoms with Gasteiger partial charge in [0, 0.05) is 30.1 Å². The van der Waals surface area contributed by atoms with Gasteiger partial charge in [-0.2, -0.15) is 0 Å². The van der Waals surface area contributed by atoms with Crippen molar-refractivity contribution in [3.8, 4) is 11.5 Å². The van der Waals surface area contributed by atoms with Gasteiger partial charge >= 0.3 is 0 Å². The maximum absolute atomic E-state index is 13.8. The Morgan fingerprint density at radius 3 is 2.64 bits per heavy atom. The molecule has 0 unspecified atom stereocenters. The minimum atomic E-state index is -0.0523. The number of hydrogen-bond acceptors (Lipinski definition) is 6. The van der Waals surface area contributed by atoms with E-state index in [9.17, 15) is 4.79 Å². The lowest BCUT2D eigenvalue weighted by atomic mass is 9.90. The van der Waals surface area contributed by atoms with E-state index in [2.05, 4.69) is 17.1 Å². The van der Waals surface area contributed by atoms with E-state index in [-0.39, 0.29) is 5.91 Å². The van der Waals surface area contributed by atoms with Crippen LogP contribution in [0.5, 0.6) is 11.5 Å². The molecule has 1 amide bonds. The van der Waals surface area contributed by atoms with Gasteiger partial charge in [-0.25, -0.2) is 4.98 Å². The number of hydrogen-bond donors (Lipinski definition) is 0. The van der Waals surface area contributed by atoms with Crippen LogP contribution in [0.1, 0.15) is 39.9 Å². The standard InChI is InChI=1S/C26H23N3O3S/c30-25(20-8-7-18-5-1-2-6-19(18)12-20)29(16-17-4-3-9-27-15-17)26-28-21-13-22-23(14-24(21)33-26)32-11-10-31-22/h3-4,7-9,12-15H,1-2,5-6,10-11,16H2. The molecule has 0 N–H and O–H groups in total. The van der Waals surface area contributed by atoms with Gasteiger partial charge in [0.15, 0.2) is 16.6 Å². The fourth-order valence-electron chi connectivity index (χ4n) is 4.49. The molecule has 0 fully saturated rings. The molecular formula is C26H23N3O3S. The van der Waals surface area contributed by atoms with Crippen LogP contribution in [0.2, 0.25) is 0 Å². The molecule has 2 aliphatic rings. The van der Waals surface area contributed by atoms with Crippen LogP contribution < -0.4 is 14.4 Å². The summed E-state index contributed by atoms with van der Waals surface area (Å²) >= 11 is 1.49. The molecule has 0 bridgehead atoms. The van der Waals surface area contributed by atoms with Crippen LogP contribution in [0.3, 0.4) is 0 Å². The van der Waals surface area contributed by atoms with Crippen LogP contribution in [-0.2, 0) is 19.4 Å². The summed E-state index contributed by atoms with van der Waals surface area (Å²) in [6.45, 7) is 1.46. The highest BCUT2D eigenvalue weighted by atomic mass is 32.1. The second-order valence-corrected chi connectivity index (χ2v) is 9.41. The number of pyridine rings is 1. The fourth-order valence-corrected chi connectivity index (χ4v) is 5.46. The smallest absolute Gasteiger partial charge is 0.260 e. The number of aromatic nitrogens is 2. The average molecular weight is 458 g/mol. The third-order valence-electron chi connectivity index (χ3n) is 6.18. The first kappa shape index (κ1) is 20.2. The first-order valence-corrected chi connectivity index (χ1v) is 12.1. The van der Waals surface area contributed by atoms with Gasteiger partial charge in [0.25, 0.3) is 5.91 Å². The fraction of sp³-hybridized carbons (Fsp3) is 0.269. The normalized spacial score (nSPS) is 14.7. The van der Waals surface area contributed by atoms with Gasteiger partial charge in [0.05, 0.1) is 16.8 Å². The molecule has 7 heteroatoms. The van der Waals surface area contributed by atoms with Gasteiger partial charge in [0.2, 0.25) is 0 Å².